The number of thiophene rings is 1. The van der Waals surface area contributed by atoms with Crippen molar-refractivity contribution in [1.82, 2.24) is 0 Å². The first-order valence-corrected chi connectivity index (χ1v) is 6.61. The first-order valence-electron chi connectivity index (χ1n) is 4.94. The van der Waals surface area contributed by atoms with Crippen LogP contribution in [0.1, 0.15) is 26.9 Å². The van der Waals surface area contributed by atoms with Crippen molar-refractivity contribution >= 4 is 33.2 Å². The van der Waals surface area contributed by atoms with E-state index in [1.54, 1.807) is 11.4 Å². The lowest BCUT2D eigenvalue weighted by atomic mass is 10.0. The molecule has 0 aliphatic heterocycles. The van der Waals surface area contributed by atoms with Crippen LogP contribution in [0.5, 0.6) is 0 Å². The van der Waals surface area contributed by atoms with Crippen LogP contribution >= 0.6 is 27.3 Å². The molecular formula is C12H8BrFO3S. The summed E-state index contributed by atoms with van der Waals surface area (Å²) in [4.78, 5) is 11.2. The quantitative estimate of drug-likeness (QED) is 0.906. The highest BCUT2D eigenvalue weighted by Crippen LogP contribution is 2.32. The molecule has 94 valence electrons. The topological polar surface area (TPSA) is 57.5 Å². The third-order valence-electron chi connectivity index (χ3n) is 2.43. The maximum Gasteiger partial charge on any atom is 0.336 e. The smallest absolute Gasteiger partial charge is 0.336 e. The van der Waals surface area contributed by atoms with Gasteiger partial charge in [0.05, 0.1) is 10.4 Å². The molecule has 0 fully saturated rings. The lowest BCUT2D eigenvalue weighted by Crippen LogP contribution is -2.06. The Hall–Kier alpha value is -1.24. The zero-order valence-electron chi connectivity index (χ0n) is 8.93. The summed E-state index contributed by atoms with van der Waals surface area (Å²) >= 11 is 4.20. The number of rotatable bonds is 3. The van der Waals surface area contributed by atoms with Crippen molar-refractivity contribution < 1.29 is 19.4 Å². The standard InChI is InChI=1S/C12H8BrFO3S/c13-6-1-2-7(9(14)5-6)10(15)11-8(12(16)17)3-4-18-11/h1-5,10,15H,(H,16,17). The molecule has 0 aliphatic rings. The fraction of sp³-hybridized carbons (Fsp3) is 0.0833. The summed E-state index contributed by atoms with van der Waals surface area (Å²) in [5.74, 6) is -1.72. The van der Waals surface area contributed by atoms with Crippen LogP contribution in [0.4, 0.5) is 4.39 Å². The Balaban J connectivity index is 2.44. The SMILES string of the molecule is O=C(O)c1ccsc1C(O)c1ccc(Br)cc1F. The van der Waals surface area contributed by atoms with Gasteiger partial charge in [-0.1, -0.05) is 22.0 Å². The van der Waals surface area contributed by atoms with E-state index in [1.165, 1.54) is 18.2 Å². The summed E-state index contributed by atoms with van der Waals surface area (Å²) in [7, 11) is 0. The largest absolute Gasteiger partial charge is 0.478 e. The van der Waals surface area contributed by atoms with E-state index in [1.807, 2.05) is 0 Å². The molecule has 1 unspecified atom stereocenters. The van der Waals surface area contributed by atoms with Gasteiger partial charge in [0.25, 0.3) is 0 Å². The van der Waals surface area contributed by atoms with Crippen LogP contribution in [0.3, 0.4) is 0 Å². The van der Waals surface area contributed by atoms with Crippen molar-refractivity contribution in [2.24, 2.45) is 0 Å². The molecule has 1 aromatic carbocycles. The van der Waals surface area contributed by atoms with Gasteiger partial charge in [0, 0.05) is 10.0 Å². The molecule has 2 N–H and O–H groups in total. The number of hydrogen-bond donors (Lipinski definition) is 2. The lowest BCUT2D eigenvalue weighted by molar-refractivity contribution is 0.0692. The van der Waals surface area contributed by atoms with E-state index in [0.29, 0.717) is 4.47 Å². The molecule has 2 rings (SSSR count). The van der Waals surface area contributed by atoms with Gasteiger partial charge in [-0.2, -0.15) is 0 Å². The zero-order chi connectivity index (χ0) is 13.3. The molecule has 1 atom stereocenters. The summed E-state index contributed by atoms with van der Waals surface area (Å²) in [6, 6.07) is 5.64. The normalized spacial score (nSPS) is 12.4. The fourth-order valence-corrected chi connectivity index (χ4v) is 2.80. The van der Waals surface area contributed by atoms with Crippen LogP contribution in [0.15, 0.2) is 34.1 Å². The van der Waals surface area contributed by atoms with Crippen molar-refractivity contribution in [2.45, 2.75) is 6.10 Å². The molecule has 6 heteroatoms. The van der Waals surface area contributed by atoms with E-state index in [9.17, 15) is 14.3 Å². The lowest BCUT2D eigenvalue weighted by Gasteiger charge is -2.11. The summed E-state index contributed by atoms with van der Waals surface area (Å²) in [6.45, 7) is 0. The Morgan fingerprint density at radius 3 is 2.72 bits per heavy atom. The van der Waals surface area contributed by atoms with Gasteiger partial charge in [-0.15, -0.1) is 11.3 Å². The van der Waals surface area contributed by atoms with Crippen molar-refractivity contribution in [3.63, 3.8) is 0 Å². The Kier molecular flexibility index (Phi) is 3.79. The number of aliphatic hydroxyl groups is 1. The summed E-state index contributed by atoms with van der Waals surface area (Å²) < 4.78 is 14.2. The molecule has 0 bridgehead atoms. The highest BCUT2D eigenvalue weighted by molar-refractivity contribution is 9.10. The molecule has 0 aliphatic carbocycles. The van der Waals surface area contributed by atoms with Gasteiger partial charge in [0.15, 0.2) is 0 Å². The van der Waals surface area contributed by atoms with Gasteiger partial charge in [-0.05, 0) is 23.6 Å². The van der Waals surface area contributed by atoms with Crippen LogP contribution in [-0.4, -0.2) is 16.2 Å². The molecule has 0 spiro atoms. The maximum atomic E-state index is 13.7. The van der Waals surface area contributed by atoms with Gasteiger partial charge < -0.3 is 10.2 Å². The summed E-state index contributed by atoms with van der Waals surface area (Å²) in [5, 5.41) is 20.6. The number of carbonyl (C=O) groups is 1. The second kappa shape index (κ2) is 5.17. The minimum atomic E-state index is -1.27. The Morgan fingerprint density at radius 1 is 1.39 bits per heavy atom. The molecular weight excluding hydrogens is 323 g/mol. The first-order chi connectivity index (χ1) is 8.50. The highest BCUT2D eigenvalue weighted by atomic mass is 79.9. The molecule has 0 amide bonds. The minimum absolute atomic E-state index is 0.00480. The number of halogens is 2. The van der Waals surface area contributed by atoms with Crippen LogP contribution < -0.4 is 0 Å². The van der Waals surface area contributed by atoms with Crippen LogP contribution in [-0.2, 0) is 0 Å². The third-order valence-corrected chi connectivity index (χ3v) is 3.89. The Labute approximate surface area is 115 Å². The van der Waals surface area contributed by atoms with Crippen LogP contribution in [0.2, 0.25) is 0 Å². The molecule has 0 saturated heterocycles. The number of carboxylic acids is 1. The molecule has 3 nitrogen and oxygen atoms in total. The summed E-state index contributed by atoms with van der Waals surface area (Å²) in [5.41, 5.74) is 0.0537. The van der Waals surface area contributed by atoms with E-state index in [-0.39, 0.29) is 16.0 Å². The van der Waals surface area contributed by atoms with E-state index in [2.05, 4.69) is 15.9 Å². The van der Waals surface area contributed by atoms with E-state index >= 15 is 0 Å². The average Bonchev–Trinajstić information content (AvgIpc) is 2.77. The van der Waals surface area contributed by atoms with E-state index < -0.39 is 17.9 Å². The minimum Gasteiger partial charge on any atom is -0.478 e. The Morgan fingerprint density at radius 2 is 2.11 bits per heavy atom. The first kappa shape index (κ1) is 13.2. The van der Waals surface area contributed by atoms with Gasteiger partial charge in [-0.3, -0.25) is 0 Å². The predicted molar refractivity (Wildman–Crippen MR) is 69.4 cm³/mol. The molecule has 18 heavy (non-hydrogen) atoms. The van der Waals surface area contributed by atoms with E-state index in [0.717, 1.165) is 11.3 Å². The monoisotopic (exact) mass is 330 g/mol. The van der Waals surface area contributed by atoms with Crippen molar-refractivity contribution in [3.8, 4) is 0 Å². The van der Waals surface area contributed by atoms with E-state index in [4.69, 9.17) is 5.11 Å². The number of hydrogen-bond acceptors (Lipinski definition) is 3. The van der Waals surface area contributed by atoms with Crippen molar-refractivity contribution in [1.29, 1.82) is 0 Å². The molecule has 0 saturated carbocycles. The van der Waals surface area contributed by atoms with Gasteiger partial charge in [0.1, 0.15) is 11.9 Å². The highest BCUT2D eigenvalue weighted by Gasteiger charge is 2.22. The maximum absolute atomic E-state index is 13.7. The number of carboxylic acid groups (broad SMARTS) is 1. The van der Waals surface area contributed by atoms with Gasteiger partial charge >= 0.3 is 5.97 Å². The second-order valence-corrected chi connectivity index (χ2v) is 5.44. The number of aliphatic hydroxyl groups excluding tert-OH is 1. The molecule has 0 radical (unpaired) electrons. The van der Waals surface area contributed by atoms with Crippen molar-refractivity contribution in [3.05, 3.63) is 55.9 Å². The van der Waals surface area contributed by atoms with Crippen LogP contribution in [0, 0.1) is 5.82 Å². The third kappa shape index (κ3) is 2.45. The molecule has 2 aromatic rings. The Bertz CT molecular complexity index is 597. The number of aromatic carboxylic acids is 1. The molecule has 1 aromatic heterocycles. The predicted octanol–water partition coefficient (Wildman–Crippen LogP) is 3.43. The average molecular weight is 331 g/mol. The number of benzene rings is 1. The zero-order valence-corrected chi connectivity index (χ0v) is 11.3. The summed E-state index contributed by atoms with van der Waals surface area (Å²) in [6.07, 6.45) is -1.27. The molecule has 1 heterocycles. The van der Waals surface area contributed by atoms with Gasteiger partial charge in [0.2, 0.25) is 0 Å². The van der Waals surface area contributed by atoms with Crippen molar-refractivity contribution in [2.75, 3.05) is 0 Å². The fourth-order valence-electron chi connectivity index (χ4n) is 1.57. The second-order valence-electron chi connectivity index (χ2n) is 3.57. The van der Waals surface area contributed by atoms with Gasteiger partial charge in [-0.25, -0.2) is 9.18 Å². The van der Waals surface area contributed by atoms with Crippen LogP contribution in [0.25, 0.3) is 0 Å².